The van der Waals surface area contributed by atoms with Gasteiger partial charge in [-0.15, -0.1) is 0 Å². The van der Waals surface area contributed by atoms with Crippen molar-refractivity contribution in [1.82, 2.24) is 10.6 Å². The number of ether oxygens (including phenoxy) is 1. The molecule has 2 rings (SSSR count). The van der Waals surface area contributed by atoms with E-state index in [9.17, 15) is 9.59 Å². The zero-order valence-electron chi connectivity index (χ0n) is 14.3. The molecule has 1 fully saturated rings. The average Bonchev–Trinajstić information content (AvgIpc) is 3.08. The molecule has 0 bridgehead atoms. The number of carbonyl (C=O) groups excluding carboxylic acids is 2. The van der Waals surface area contributed by atoms with Gasteiger partial charge in [-0.2, -0.15) is 0 Å². The van der Waals surface area contributed by atoms with Crippen molar-refractivity contribution >= 4 is 17.6 Å². The minimum atomic E-state index is -0.255. The molecular weight excluding hydrogens is 306 g/mol. The molecule has 0 aliphatic heterocycles. The summed E-state index contributed by atoms with van der Waals surface area (Å²) < 4.78 is 5.21. The Morgan fingerprint density at radius 1 is 1.17 bits per heavy atom. The second-order valence-corrected chi connectivity index (χ2v) is 5.96. The molecule has 3 amide bonds. The molecular formula is C18H27N3O3. The summed E-state index contributed by atoms with van der Waals surface area (Å²) in [5.74, 6) is -0.0474. The Bertz CT molecular complexity index is 525. The number of rotatable bonds is 8. The Kier molecular flexibility index (Phi) is 7.55. The smallest absolute Gasteiger partial charge is 0.319 e. The molecule has 0 atom stereocenters. The predicted molar refractivity (Wildman–Crippen MR) is 94.3 cm³/mol. The highest BCUT2D eigenvalue weighted by Gasteiger charge is 2.17. The van der Waals surface area contributed by atoms with Gasteiger partial charge in [0, 0.05) is 37.1 Å². The van der Waals surface area contributed by atoms with E-state index in [0.29, 0.717) is 37.1 Å². The second kappa shape index (κ2) is 9.93. The van der Waals surface area contributed by atoms with Crippen molar-refractivity contribution in [1.29, 1.82) is 0 Å². The van der Waals surface area contributed by atoms with E-state index in [1.807, 2.05) is 6.92 Å². The number of hydrogen-bond acceptors (Lipinski definition) is 3. The Balaban J connectivity index is 1.72. The maximum atomic E-state index is 12.1. The Labute approximate surface area is 143 Å². The summed E-state index contributed by atoms with van der Waals surface area (Å²) in [5, 5.41) is 8.57. The molecule has 0 saturated heterocycles. The number of benzene rings is 1. The third-order valence-electron chi connectivity index (χ3n) is 4.05. The van der Waals surface area contributed by atoms with Crippen molar-refractivity contribution in [2.45, 2.75) is 45.1 Å². The Morgan fingerprint density at radius 3 is 2.54 bits per heavy atom. The first kappa shape index (κ1) is 18.3. The highest BCUT2D eigenvalue weighted by Crippen LogP contribution is 2.18. The molecule has 3 N–H and O–H groups in total. The van der Waals surface area contributed by atoms with Crippen LogP contribution < -0.4 is 16.0 Å². The molecule has 0 unspecified atom stereocenters. The summed E-state index contributed by atoms with van der Waals surface area (Å²) in [4.78, 5) is 23.9. The van der Waals surface area contributed by atoms with Gasteiger partial charge < -0.3 is 20.7 Å². The Morgan fingerprint density at radius 2 is 1.88 bits per heavy atom. The summed E-state index contributed by atoms with van der Waals surface area (Å²) >= 11 is 0. The van der Waals surface area contributed by atoms with E-state index < -0.39 is 0 Å². The van der Waals surface area contributed by atoms with Crippen LogP contribution in [0.2, 0.25) is 0 Å². The number of hydrogen-bond donors (Lipinski definition) is 3. The van der Waals surface area contributed by atoms with Crippen molar-refractivity contribution in [3.8, 4) is 0 Å². The molecule has 1 aliphatic rings. The van der Waals surface area contributed by atoms with Crippen LogP contribution in [-0.2, 0) is 4.74 Å². The monoisotopic (exact) mass is 333 g/mol. The molecule has 132 valence electrons. The highest BCUT2D eigenvalue weighted by atomic mass is 16.5. The van der Waals surface area contributed by atoms with Crippen molar-refractivity contribution in [3.63, 3.8) is 0 Å². The van der Waals surface area contributed by atoms with Gasteiger partial charge in [0.15, 0.2) is 0 Å². The van der Waals surface area contributed by atoms with E-state index in [-0.39, 0.29) is 11.9 Å². The molecule has 24 heavy (non-hydrogen) atoms. The second-order valence-electron chi connectivity index (χ2n) is 5.96. The van der Waals surface area contributed by atoms with Gasteiger partial charge >= 0.3 is 6.03 Å². The van der Waals surface area contributed by atoms with Crippen LogP contribution >= 0.6 is 0 Å². The van der Waals surface area contributed by atoms with E-state index in [2.05, 4.69) is 16.0 Å². The quantitative estimate of drug-likeness (QED) is 0.640. The van der Waals surface area contributed by atoms with E-state index >= 15 is 0 Å². The van der Waals surface area contributed by atoms with Crippen LogP contribution in [0.25, 0.3) is 0 Å². The fraction of sp³-hybridized carbons (Fsp3) is 0.556. The van der Waals surface area contributed by atoms with Crippen LogP contribution in [0, 0.1) is 0 Å². The first-order valence-electron chi connectivity index (χ1n) is 8.72. The standard InChI is InChI=1S/C18H27N3O3/c1-2-24-13-5-12-19-18(23)21-16-10-8-14(9-11-16)17(22)20-15-6-3-4-7-15/h8-11,15H,2-7,12-13H2,1H3,(H,20,22)(H2,19,21,23). The molecule has 0 spiro atoms. The van der Waals surface area contributed by atoms with E-state index in [1.165, 1.54) is 12.8 Å². The lowest BCUT2D eigenvalue weighted by molar-refractivity contribution is 0.0938. The maximum absolute atomic E-state index is 12.1. The SMILES string of the molecule is CCOCCCNC(=O)Nc1ccc(C(=O)NC2CCCC2)cc1. The predicted octanol–water partition coefficient (Wildman–Crippen LogP) is 2.91. The Hall–Kier alpha value is -2.08. The molecule has 1 aromatic rings. The first-order valence-corrected chi connectivity index (χ1v) is 8.72. The maximum Gasteiger partial charge on any atom is 0.319 e. The normalized spacial score (nSPS) is 14.4. The minimum Gasteiger partial charge on any atom is -0.382 e. The van der Waals surface area contributed by atoms with Crippen LogP contribution in [0.4, 0.5) is 10.5 Å². The van der Waals surface area contributed by atoms with Crippen molar-refractivity contribution < 1.29 is 14.3 Å². The zero-order chi connectivity index (χ0) is 17.2. The first-order chi connectivity index (χ1) is 11.7. The third-order valence-corrected chi connectivity index (χ3v) is 4.05. The number of carbonyl (C=O) groups is 2. The zero-order valence-corrected chi connectivity index (χ0v) is 14.3. The average molecular weight is 333 g/mol. The number of nitrogens with one attached hydrogen (secondary N) is 3. The number of amides is 3. The van der Waals surface area contributed by atoms with Gasteiger partial charge in [0.25, 0.3) is 5.91 Å². The van der Waals surface area contributed by atoms with Crippen LogP contribution in [0.15, 0.2) is 24.3 Å². The molecule has 1 saturated carbocycles. The van der Waals surface area contributed by atoms with Crippen molar-refractivity contribution in [2.75, 3.05) is 25.1 Å². The fourth-order valence-corrected chi connectivity index (χ4v) is 2.74. The lowest BCUT2D eigenvalue weighted by Gasteiger charge is -2.12. The topological polar surface area (TPSA) is 79.5 Å². The molecule has 1 aliphatic carbocycles. The summed E-state index contributed by atoms with van der Waals surface area (Å²) in [6.45, 7) is 3.83. The number of anilines is 1. The minimum absolute atomic E-state index is 0.0474. The third kappa shape index (κ3) is 6.20. The summed E-state index contributed by atoms with van der Waals surface area (Å²) in [5.41, 5.74) is 1.28. The summed E-state index contributed by atoms with van der Waals surface area (Å²) in [6.07, 6.45) is 5.28. The van der Waals surface area contributed by atoms with Gasteiger partial charge in [0.2, 0.25) is 0 Å². The number of urea groups is 1. The van der Waals surface area contributed by atoms with Crippen LogP contribution in [0.3, 0.4) is 0 Å². The van der Waals surface area contributed by atoms with E-state index in [0.717, 1.165) is 19.3 Å². The largest absolute Gasteiger partial charge is 0.382 e. The van der Waals surface area contributed by atoms with Crippen molar-refractivity contribution in [2.24, 2.45) is 0 Å². The van der Waals surface area contributed by atoms with Gasteiger partial charge in [0.05, 0.1) is 0 Å². The molecule has 0 aromatic heterocycles. The summed E-state index contributed by atoms with van der Waals surface area (Å²) in [6, 6.07) is 6.99. The molecule has 0 heterocycles. The molecule has 1 aromatic carbocycles. The lowest BCUT2D eigenvalue weighted by atomic mass is 10.1. The van der Waals surface area contributed by atoms with Crippen molar-refractivity contribution in [3.05, 3.63) is 29.8 Å². The lowest BCUT2D eigenvalue weighted by Crippen LogP contribution is -2.32. The molecule has 0 radical (unpaired) electrons. The fourth-order valence-electron chi connectivity index (χ4n) is 2.74. The van der Waals surface area contributed by atoms with Gasteiger partial charge in [-0.3, -0.25) is 4.79 Å². The van der Waals surface area contributed by atoms with Gasteiger partial charge in [-0.25, -0.2) is 4.79 Å². The van der Waals surface area contributed by atoms with Crippen LogP contribution in [0.1, 0.15) is 49.4 Å². The van der Waals surface area contributed by atoms with E-state index in [4.69, 9.17) is 4.74 Å². The van der Waals surface area contributed by atoms with Gasteiger partial charge in [-0.1, -0.05) is 12.8 Å². The van der Waals surface area contributed by atoms with E-state index in [1.54, 1.807) is 24.3 Å². The van der Waals surface area contributed by atoms with Crippen LogP contribution in [0.5, 0.6) is 0 Å². The van der Waals surface area contributed by atoms with Gasteiger partial charge in [-0.05, 0) is 50.5 Å². The molecule has 6 nitrogen and oxygen atoms in total. The highest BCUT2D eigenvalue weighted by molar-refractivity contribution is 5.95. The summed E-state index contributed by atoms with van der Waals surface area (Å²) in [7, 11) is 0. The van der Waals surface area contributed by atoms with Crippen LogP contribution in [-0.4, -0.2) is 37.7 Å². The molecule has 6 heteroatoms. The van der Waals surface area contributed by atoms with Gasteiger partial charge in [0.1, 0.15) is 0 Å².